The minimum absolute atomic E-state index is 0.0769. The van der Waals surface area contributed by atoms with Crippen molar-refractivity contribution in [3.8, 4) is 5.75 Å². The predicted molar refractivity (Wildman–Crippen MR) is 82.7 cm³/mol. The van der Waals surface area contributed by atoms with Crippen molar-refractivity contribution in [3.63, 3.8) is 0 Å². The minimum Gasteiger partial charge on any atom is -0.489 e. The summed E-state index contributed by atoms with van der Waals surface area (Å²) in [5.74, 6) is 0.594. The molecule has 1 aromatic rings. The fourth-order valence-corrected chi connectivity index (χ4v) is 1.98. The summed E-state index contributed by atoms with van der Waals surface area (Å²) in [6.07, 6.45) is 0. The van der Waals surface area contributed by atoms with Crippen LogP contribution < -0.4 is 15.4 Å². The number of anilines is 1. The van der Waals surface area contributed by atoms with Crippen LogP contribution in [0.25, 0.3) is 0 Å². The maximum absolute atomic E-state index is 12.2. The molecule has 0 unspecified atom stereocenters. The van der Waals surface area contributed by atoms with Crippen molar-refractivity contribution >= 4 is 11.6 Å². The van der Waals surface area contributed by atoms with Crippen molar-refractivity contribution in [3.05, 3.63) is 34.9 Å². The molecule has 1 aliphatic rings. The fourth-order valence-electron chi connectivity index (χ4n) is 1.98. The lowest BCUT2D eigenvalue weighted by molar-refractivity contribution is -0.112. The molecule has 0 atom stereocenters. The first-order chi connectivity index (χ1) is 10.1. The molecule has 1 saturated heterocycles. The van der Waals surface area contributed by atoms with E-state index in [1.165, 1.54) is 0 Å². The summed E-state index contributed by atoms with van der Waals surface area (Å²) in [6.45, 7) is 6.39. The van der Waals surface area contributed by atoms with Gasteiger partial charge in [-0.05, 0) is 37.1 Å². The summed E-state index contributed by atoms with van der Waals surface area (Å²) in [6, 6.07) is 5.73. The summed E-state index contributed by atoms with van der Waals surface area (Å²) >= 11 is 0. The van der Waals surface area contributed by atoms with E-state index < -0.39 is 0 Å². The maximum atomic E-state index is 12.2. The van der Waals surface area contributed by atoms with Crippen molar-refractivity contribution in [2.75, 3.05) is 38.7 Å². The predicted octanol–water partition coefficient (Wildman–Crippen LogP) is 1.88. The van der Waals surface area contributed by atoms with Gasteiger partial charge in [-0.1, -0.05) is 6.07 Å². The second kappa shape index (κ2) is 7.24. The monoisotopic (exact) mass is 290 g/mol. The van der Waals surface area contributed by atoms with Crippen molar-refractivity contribution in [2.24, 2.45) is 0 Å². The van der Waals surface area contributed by atoms with Crippen LogP contribution in [0.2, 0.25) is 0 Å². The topological polar surface area (TPSA) is 59.6 Å². The second-order valence-corrected chi connectivity index (χ2v) is 5.13. The van der Waals surface area contributed by atoms with Crippen molar-refractivity contribution in [2.45, 2.75) is 13.8 Å². The number of hydrogen-bond donors (Lipinski definition) is 2. The SMILES string of the molecule is COCCOc1cc(C)ccc1NC(=O)C(C)=C1CNC1. The number of aryl methyl sites for hydroxylation is 1. The molecule has 21 heavy (non-hydrogen) atoms. The van der Waals surface area contributed by atoms with E-state index in [1.807, 2.05) is 32.0 Å². The molecule has 5 nitrogen and oxygen atoms in total. The average molecular weight is 290 g/mol. The van der Waals surface area contributed by atoms with E-state index in [9.17, 15) is 4.79 Å². The molecule has 0 radical (unpaired) electrons. The van der Waals surface area contributed by atoms with E-state index in [0.717, 1.165) is 29.8 Å². The fraction of sp³-hybridized carbons (Fsp3) is 0.438. The number of carbonyl (C=O) groups excluding carboxylic acids is 1. The number of ether oxygens (including phenoxy) is 2. The molecule has 1 amide bonds. The largest absolute Gasteiger partial charge is 0.489 e. The second-order valence-electron chi connectivity index (χ2n) is 5.13. The van der Waals surface area contributed by atoms with Crippen molar-refractivity contribution < 1.29 is 14.3 Å². The van der Waals surface area contributed by atoms with Gasteiger partial charge in [0.2, 0.25) is 0 Å². The Morgan fingerprint density at radius 3 is 2.71 bits per heavy atom. The first-order valence-corrected chi connectivity index (χ1v) is 7.05. The lowest BCUT2D eigenvalue weighted by Crippen LogP contribution is -2.36. The summed E-state index contributed by atoms with van der Waals surface area (Å²) in [5, 5.41) is 6.06. The number of nitrogens with one attached hydrogen (secondary N) is 2. The number of amides is 1. The molecule has 114 valence electrons. The van der Waals surface area contributed by atoms with Crippen LogP contribution in [0.4, 0.5) is 5.69 Å². The van der Waals surface area contributed by atoms with Crippen LogP contribution in [-0.2, 0) is 9.53 Å². The first kappa shape index (κ1) is 15.5. The van der Waals surface area contributed by atoms with Gasteiger partial charge < -0.3 is 20.1 Å². The van der Waals surface area contributed by atoms with Crippen LogP contribution in [0.5, 0.6) is 5.75 Å². The van der Waals surface area contributed by atoms with Gasteiger partial charge >= 0.3 is 0 Å². The van der Waals surface area contributed by atoms with Gasteiger partial charge in [0.25, 0.3) is 5.91 Å². The van der Waals surface area contributed by atoms with Gasteiger partial charge in [-0.2, -0.15) is 0 Å². The van der Waals surface area contributed by atoms with Crippen LogP contribution in [0.3, 0.4) is 0 Å². The number of carbonyl (C=O) groups is 1. The van der Waals surface area contributed by atoms with E-state index in [-0.39, 0.29) is 5.91 Å². The van der Waals surface area contributed by atoms with Crippen molar-refractivity contribution in [1.82, 2.24) is 5.32 Å². The molecule has 2 N–H and O–H groups in total. The van der Waals surface area contributed by atoms with Crippen LogP contribution >= 0.6 is 0 Å². The van der Waals surface area contributed by atoms with Gasteiger partial charge in [-0.15, -0.1) is 0 Å². The lowest BCUT2D eigenvalue weighted by Gasteiger charge is -2.22. The van der Waals surface area contributed by atoms with E-state index in [4.69, 9.17) is 9.47 Å². The molecule has 0 aromatic heterocycles. The third-order valence-corrected chi connectivity index (χ3v) is 3.48. The van der Waals surface area contributed by atoms with Crippen LogP contribution in [0.1, 0.15) is 12.5 Å². The number of benzene rings is 1. The number of rotatable bonds is 6. The van der Waals surface area contributed by atoms with Gasteiger partial charge in [0.1, 0.15) is 12.4 Å². The van der Waals surface area contributed by atoms with Crippen molar-refractivity contribution in [1.29, 1.82) is 0 Å². The summed E-state index contributed by atoms with van der Waals surface area (Å²) in [7, 11) is 1.63. The third kappa shape index (κ3) is 4.06. The highest BCUT2D eigenvalue weighted by molar-refractivity contribution is 6.04. The Bertz CT molecular complexity index is 546. The molecule has 1 aliphatic heterocycles. The summed E-state index contributed by atoms with van der Waals surface area (Å²) < 4.78 is 10.7. The average Bonchev–Trinajstić information content (AvgIpc) is 2.40. The zero-order valence-corrected chi connectivity index (χ0v) is 12.8. The molecular weight excluding hydrogens is 268 g/mol. The lowest BCUT2D eigenvalue weighted by atomic mass is 10.0. The minimum atomic E-state index is -0.0769. The Morgan fingerprint density at radius 1 is 1.33 bits per heavy atom. The highest BCUT2D eigenvalue weighted by Crippen LogP contribution is 2.26. The normalized spacial score (nSPS) is 13.6. The Hall–Kier alpha value is -1.85. The molecule has 0 saturated carbocycles. The standard InChI is InChI=1S/C16H22N2O3/c1-11-4-5-14(15(8-11)21-7-6-20-3)18-16(19)12(2)13-9-17-10-13/h4-5,8,17H,6-7,9-10H2,1-3H3,(H,18,19). The Balaban J connectivity index is 2.09. The van der Waals surface area contributed by atoms with Gasteiger partial charge in [0.15, 0.2) is 0 Å². The van der Waals surface area contributed by atoms with Gasteiger partial charge in [0.05, 0.1) is 12.3 Å². The molecule has 0 spiro atoms. The zero-order valence-electron chi connectivity index (χ0n) is 12.8. The summed E-state index contributed by atoms with van der Waals surface area (Å²) in [4.78, 5) is 12.2. The smallest absolute Gasteiger partial charge is 0.251 e. The molecule has 1 aromatic carbocycles. The molecule has 0 aliphatic carbocycles. The van der Waals surface area contributed by atoms with Crippen LogP contribution in [-0.4, -0.2) is 39.3 Å². The highest BCUT2D eigenvalue weighted by atomic mass is 16.5. The summed E-state index contributed by atoms with van der Waals surface area (Å²) in [5.41, 5.74) is 3.70. The first-order valence-electron chi connectivity index (χ1n) is 7.05. The van der Waals surface area contributed by atoms with Gasteiger partial charge in [0, 0.05) is 25.8 Å². The molecular formula is C16H22N2O3. The Morgan fingerprint density at radius 2 is 2.10 bits per heavy atom. The molecule has 1 fully saturated rings. The number of methoxy groups -OCH3 is 1. The Kier molecular flexibility index (Phi) is 5.36. The molecule has 5 heteroatoms. The van der Waals surface area contributed by atoms with E-state index in [2.05, 4.69) is 10.6 Å². The maximum Gasteiger partial charge on any atom is 0.251 e. The quantitative estimate of drug-likeness (QED) is 0.620. The molecule has 1 heterocycles. The van der Waals surface area contributed by atoms with E-state index in [0.29, 0.717) is 24.7 Å². The van der Waals surface area contributed by atoms with E-state index in [1.54, 1.807) is 7.11 Å². The third-order valence-electron chi connectivity index (χ3n) is 3.48. The van der Waals surface area contributed by atoms with E-state index >= 15 is 0 Å². The van der Waals surface area contributed by atoms with Crippen LogP contribution in [0, 0.1) is 6.92 Å². The van der Waals surface area contributed by atoms with Gasteiger partial charge in [-0.3, -0.25) is 4.79 Å². The van der Waals surface area contributed by atoms with Crippen LogP contribution in [0.15, 0.2) is 29.3 Å². The zero-order chi connectivity index (χ0) is 15.2. The number of hydrogen-bond acceptors (Lipinski definition) is 4. The van der Waals surface area contributed by atoms with Gasteiger partial charge in [-0.25, -0.2) is 0 Å². The Labute approximate surface area is 125 Å². The molecule has 0 bridgehead atoms. The molecule has 2 rings (SSSR count). The highest BCUT2D eigenvalue weighted by Gasteiger charge is 2.17.